The van der Waals surface area contributed by atoms with E-state index in [2.05, 4.69) is 4.99 Å². The summed E-state index contributed by atoms with van der Waals surface area (Å²) in [6.45, 7) is 1.86. The van der Waals surface area contributed by atoms with Gasteiger partial charge in [-0.15, -0.1) is 0 Å². The van der Waals surface area contributed by atoms with Gasteiger partial charge in [0.1, 0.15) is 11.4 Å². The molecule has 0 radical (unpaired) electrons. The van der Waals surface area contributed by atoms with E-state index in [-0.39, 0.29) is 37.3 Å². The third kappa shape index (κ3) is 7.43. The van der Waals surface area contributed by atoms with Crippen LogP contribution in [0.2, 0.25) is 0 Å². The van der Waals surface area contributed by atoms with Crippen molar-refractivity contribution >= 4 is 23.7 Å². The maximum absolute atomic E-state index is 14.0. The molecule has 0 bridgehead atoms. The van der Waals surface area contributed by atoms with Crippen molar-refractivity contribution in [1.82, 2.24) is 14.7 Å². The van der Waals surface area contributed by atoms with E-state index in [9.17, 15) is 50.2 Å². The molecule has 3 amide bonds. The Labute approximate surface area is 259 Å². The van der Waals surface area contributed by atoms with E-state index in [1.54, 1.807) is 0 Å². The molecule has 2 aromatic carbocycles. The van der Waals surface area contributed by atoms with E-state index >= 15 is 0 Å². The summed E-state index contributed by atoms with van der Waals surface area (Å²) in [5.41, 5.74) is 0.615. The molecular formula is C30H32F7N5O4. The Morgan fingerprint density at radius 3 is 2.09 bits per heavy atom. The maximum atomic E-state index is 14.0. The molecule has 0 unspecified atom stereocenters. The molecule has 2 aliphatic rings. The lowest BCUT2D eigenvalue weighted by Crippen LogP contribution is -2.55. The number of aliphatic hydroxyl groups is 1. The van der Waals surface area contributed by atoms with Crippen molar-refractivity contribution in [3.63, 3.8) is 0 Å². The fraction of sp³-hybridized carbons (Fsp3) is 0.467. The van der Waals surface area contributed by atoms with E-state index in [1.807, 2.05) is 0 Å². The van der Waals surface area contributed by atoms with Gasteiger partial charge in [0.25, 0.3) is 17.7 Å². The van der Waals surface area contributed by atoms with Crippen LogP contribution in [0.5, 0.6) is 0 Å². The van der Waals surface area contributed by atoms with Crippen LogP contribution in [0.3, 0.4) is 0 Å². The second kappa shape index (κ2) is 12.5. The van der Waals surface area contributed by atoms with Gasteiger partial charge in [0.15, 0.2) is 11.5 Å². The molecule has 250 valence electrons. The standard InChI is InChI=1S/C30H32F7N5O4/c1-27(2,46)24(44)41-14-12-40(13-15-41)23(43)21-16-18(4-9-22(21)30(35,36)37)17-42-25(45)28(39-26(42)38,10-3-11-29(32,33)34)19-5-7-20(31)8-6-19/h4-9,16,46H,3,10-15,17H2,1-2H3,(H2,38,39)/t28-/m1/s1. The summed E-state index contributed by atoms with van der Waals surface area (Å²) in [4.78, 5) is 47.1. The Morgan fingerprint density at radius 1 is 0.957 bits per heavy atom. The van der Waals surface area contributed by atoms with Crippen LogP contribution < -0.4 is 5.73 Å². The van der Waals surface area contributed by atoms with E-state index in [0.29, 0.717) is 6.07 Å². The lowest BCUT2D eigenvalue weighted by atomic mass is 9.84. The maximum Gasteiger partial charge on any atom is 0.417 e. The van der Waals surface area contributed by atoms with Crippen molar-refractivity contribution in [2.75, 3.05) is 26.2 Å². The zero-order chi connectivity index (χ0) is 34.2. The van der Waals surface area contributed by atoms with Crippen LogP contribution >= 0.6 is 0 Å². The number of piperazine rings is 1. The number of carbonyl (C=O) groups excluding carboxylic acids is 3. The second-order valence-electron chi connectivity index (χ2n) is 11.7. The Morgan fingerprint density at radius 2 is 1.54 bits per heavy atom. The van der Waals surface area contributed by atoms with Crippen LogP contribution in [0.1, 0.15) is 60.2 Å². The van der Waals surface area contributed by atoms with E-state index in [1.165, 1.54) is 30.9 Å². The highest BCUT2D eigenvalue weighted by molar-refractivity contribution is 6.07. The summed E-state index contributed by atoms with van der Waals surface area (Å²) in [6, 6.07) is 7.10. The molecule has 0 saturated carbocycles. The summed E-state index contributed by atoms with van der Waals surface area (Å²) < 4.78 is 94.5. The average Bonchev–Trinajstić information content (AvgIpc) is 3.20. The summed E-state index contributed by atoms with van der Waals surface area (Å²) in [6.07, 6.45) is -11.6. The number of guanidine groups is 1. The number of benzene rings is 2. The van der Waals surface area contributed by atoms with Gasteiger partial charge < -0.3 is 20.6 Å². The Hall–Kier alpha value is -4.21. The minimum Gasteiger partial charge on any atom is -0.381 e. The SMILES string of the molecule is CC(C)(O)C(=O)N1CCN(C(=O)c2cc(CN3C(=O)[C@@](CCCC(F)(F)F)(c4ccc(F)cc4)N=C3N)ccc2C(F)(F)F)CC1. The van der Waals surface area contributed by atoms with Gasteiger partial charge in [-0.1, -0.05) is 18.2 Å². The Bertz CT molecular complexity index is 1510. The highest BCUT2D eigenvalue weighted by Gasteiger charge is 2.49. The second-order valence-corrected chi connectivity index (χ2v) is 11.7. The minimum absolute atomic E-state index is 0.0231. The predicted octanol–water partition coefficient (Wildman–Crippen LogP) is 4.18. The lowest BCUT2D eigenvalue weighted by Gasteiger charge is -2.37. The van der Waals surface area contributed by atoms with Crippen LogP contribution in [0.4, 0.5) is 30.7 Å². The molecule has 2 heterocycles. The van der Waals surface area contributed by atoms with Gasteiger partial charge in [-0.2, -0.15) is 26.3 Å². The fourth-order valence-electron chi connectivity index (χ4n) is 5.52. The third-order valence-corrected chi connectivity index (χ3v) is 7.84. The lowest BCUT2D eigenvalue weighted by molar-refractivity contribution is -0.149. The number of nitrogens with zero attached hydrogens (tertiary/aromatic N) is 4. The highest BCUT2D eigenvalue weighted by Crippen LogP contribution is 2.40. The molecule has 1 saturated heterocycles. The molecule has 4 rings (SSSR count). The van der Waals surface area contributed by atoms with Crippen molar-refractivity contribution in [3.05, 3.63) is 70.5 Å². The molecule has 0 spiro atoms. The van der Waals surface area contributed by atoms with Gasteiger partial charge in [-0.05, 0) is 62.1 Å². The zero-order valence-electron chi connectivity index (χ0n) is 24.9. The first-order valence-electron chi connectivity index (χ1n) is 14.2. The summed E-state index contributed by atoms with van der Waals surface area (Å²) in [5.74, 6) is -3.52. The number of halogens is 7. The summed E-state index contributed by atoms with van der Waals surface area (Å²) in [5, 5.41) is 9.98. The largest absolute Gasteiger partial charge is 0.417 e. The summed E-state index contributed by atoms with van der Waals surface area (Å²) in [7, 11) is 0. The van der Waals surface area contributed by atoms with Gasteiger partial charge in [0, 0.05) is 32.6 Å². The molecule has 9 nitrogen and oxygen atoms in total. The number of carbonyl (C=O) groups is 3. The predicted molar refractivity (Wildman–Crippen MR) is 150 cm³/mol. The summed E-state index contributed by atoms with van der Waals surface area (Å²) >= 11 is 0. The van der Waals surface area contributed by atoms with Crippen molar-refractivity contribution in [2.24, 2.45) is 10.7 Å². The monoisotopic (exact) mass is 659 g/mol. The van der Waals surface area contributed by atoms with Gasteiger partial charge in [0.05, 0.1) is 17.7 Å². The molecule has 1 fully saturated rings. The smallest absolute Gasteiger partial charge is 0.381 e. The fourth-order valence-corrected chi connectivity index (χ4v) is 5.52. The van der Waals surface area contributed by atoms with E-state index < -0.39 is 89.9 Å². The van der Waals surface area contributed by atoms with Crippen molar-refractivity contribution in [3.8, 4) is 0 Å². The Balaban J connectivity index is 1.61. The molecule has 2 aromatic rings. The van der Waals surface area contributed by atoms with E-state index in [4.69, 9.17) is 5.73 Å². The van der Waals surface area contributed by atoms with Crippen LogP contribution in [0, 0.1) is 5.82 Å². The number of alkyl halides is 6. The number of hydrogen-bond acceptors (Lipinski definition) is 6. The van der Waals surface area contributed by atoms with Gasteiger partial charge in [-0.25, -0.2) is 9.38 Å². The molecule has 0 aliphatic carbocycles. The van der Waals surface area contributed by atoms with Crippen molar-refractivity contribution < 1.29 is 50.2 Å². The normalized spacial score (nSPS) is 19.5. The molecule has 0 aromatic heterocycles. The van der Waals surface area contributed by atoms with E-state index in [0.717, 1.165) is 34.1 Å². The van der Waals surface area contributed by atoms with Gasteiger partial charge in [-0.3, -0.25) is 19.3 Å². The minimum atomic E-state index is -4.93. The van der Waals surface area contributed by atoms with Crippen LogP contribution in [-0.2, 0) is 27.8 Å². The number of hydrogen-bond donors (Lipinski definition) is 2. The molecular weight excluding hydrogens is 627 g/mol. The number of amides is 3. The number of rotatable bonds is 8. The third-order valence-electron chi connectivity index (χ3n) is 7.84. The molecule has 1 atom stereocenters. The Kier molecular flexibility index (Phi) is 9.44. The van der Waals surface area contributed by atoms with Gasteiger partial charge in [0.2, 0.25) is 0 Å². The zero-order valence-corrected chi connectivity index (χ0v) is 24.9. The molecule has 46 heavy (non-hydrogen) atoms. The molecule has 16 heteroatoms. The van der Waals surface area contributed by atoms with Crippen LogP contribution in [0.15, 0.2) is 47.5 Å². The highest BCUT2D eigenvalue weighted by atomic mass is 19.4. The first-order valence-corrected chi connectivity index (χ1v) is 14.2. The quantitative estimate of drug-likeness (QED) is 0.413. The van der Waals surface area contributed by atoms with Crippen LogP contribution in [-0.4, -0.2) is 81.4 Å². The van der Waals surface area contributed by atoms with Crippen LogP contribution in [0.25, 0.3) is 0 Å². The number of nitrogens with two attached hydrogens (primary N) is 1. The average molecular weight is 660 g/mol. The molecule has 2 aliphatic heterocycles. The molecule has 3 N–H and O–H groups in total. The van der Waals surface area contributed by atoms with Crippen molar-refractivity contribution in [2.45, 2.75) is 63.1 Å². The van der Waals surface area contributed by atoms with Gasteiger partial charge >= 0.3 is 12.4 Å². The topological polar surface area (TPSA) is 120 Å². The first kappa shape index (κ1) is 34.7. The first-order chi connectivity index (χ1) is 21.2. The number of aliphatic imine (C=N–C) groups is 1. The van der Waals surface area contributed by atoms with Crippen molar-refractivity contribution in [1.29, 1.82) is 0 Å².